The summed E-state index contributed by atoms with van der Waals surface area (Å²) >= 11 is 5.94. The van der Waals surface area contributed by atoms with Gasteiger partial charge >= 0.3 is 0 Å². The van der Waals surface area contributed by atoms with E-state index in [2.05, 4.69) is 10.0 Å². The first kappa shape index (κ1) is 21.1. The van der Waals surface area contributed by atoms with Gasteiger partial charge in [0.15, 0.2) is 0 Å². The van der Waals surface area contributed by atoms with Crippen LogP contribution in [0.1, 0.15) is 32.6 Å². The Bertz CT molecular complexity index is 722. The highest BCUT2D eigenvalue weighted by Gasteiger charge is 2.37. The van der Waals surface area contributed by atoms with Gasteiger partial charge in [0.1, 0.15) is 10.7 Å². The van der Waals surface area contributed by atoms with E-state index in [9.17, 15) is 17.6 Å². The second-order valence-corrected chi connectivity index (χ2v) is 7.80. The van der Waals surface area contributed by atoms with E-state index in [1.807, 2.05) is 0 Å². The number of anilines is 1. The third-order valence-electron chi connectivity index (χ3n) is 3.92. The molecule has 2 rings (SSSR count). The van der Waals surface area contributed by atoms with E-state index >= 15 is 0 Å². The molecule has 10 heteroatoms. The summed E-state index contributed by atoms with van der Waals surface area (Å²) in [5, 5.41) is 2.28. The van der Waals surface area contributed by atoms with Crippen LogP contribution in [0.25, 0.3) is 0 Å². The predicted octanol–water partition coefficient (Wildman–Crippen LogP) is 2.41. The molecule has 1 fully saturated rings. The minimum atomic E-state index is -4.11. The number of carbonyl (C=O) groups is 1. The fraction of sp³-hybridized carbons (Fsp3) is 0.500. The van der Waals surface area contributed by atoms with Crippen molar-refractivity contribution in [2.24, 2.45) is 5.73 Å². The van der Waals surface area contributed by atoms with Crippen molar-refractivity contribution in [3.63, 3.8) is 0 Å². The molecule has 0 aliphatic heterocycles. The third-order valence-corrected chi connectivity index (χ3v) is 5.83. The van der Waals surface area contributed by atoms with Crippen molar-refractivity contribution < 1.29 is 17.6 Å². The summed E-state index contributed by atoms with van der Waals surface area (Å²) in [5.41, 5.74) is 4.98. The lowest BCUT2D eigenvalue weighted by Gasteiger charge is -2.28. The topological polar surface area (TPSA) is 101 Å². The van der Waals surface area contributed by atoms with E-state index in [4.69, 9.17) is 17.3 Å². The van der Waals surface area contributed by atoms with Gasteiger partial charge < -0.3 is 11.1 Å². The maximum Gasteiger partial charge on any atom is 0.244 e. The lowest BCUT2D eigenvalue weighted by Crippen LogP contribution is -2.51. The van der Waals surface area contributed by atoms with Gasteiger partial charge in [-0.3, -0.25) is 4.79 Å². The van der Waals surface area contributed by atoms with Gasteiger partial charge in [0.2, 0.25) is 15.9 Å². The van der Waals surface area contributed by atoms with Crippen molar-refractivity contribution >= 4 is 45.6 Å². The van der Waals surface area contributed by atoms with E-state index in [0.717, 1.165) is 25.0 Å². The molecule has 0 atom stereocenters. The second-order valence-electron chi connectivity index (χ2n) is 5.74. The Hall–Kier alpha value is -0.930. The molecule has 1 aliphatic carbocycles. The summed E-state index contributed by atoms with van der Waals surface area (Å²) in [4.78, 5) is 10.5. The molecule has 0 aromatic heterocycles. The fourth-order valence-electron chi connectivity index (χ4n) is 2.76. The summed E-state index contributed by atoms with van der Waals surface area (Å²) < 4.78 is 41.8. The SMILES string of the molecule is CC(=O)Nc1cc(F)c(S(=O)(=O)NC2(CN)CCCC2)cc1Cl.Cl. The molecule has 0 radical (unpaired) electrons. The number of hydrogen-bond donors (Lipinski definition) is 3. The van der Waals surface area contributed by atoms with Crippen LogP contribution in [0.4, 0.5) is 10.1 Å². The first-order valence-electron chi connectivity index (χ1n) is 7.20. The molecule has 0 bridgehead atoms. The highest BCUT2D eigenvalue weighted by atomic mass is 35.5. The quantitative estimate of drug-likeness (QED) is 0.707. The van der Waals surface area contributed by atoms with Gasteiger partial charge in [-0.15, -0.1) is 12.4 Å². The predicted molar refractivity (Wildman–Crippen MR) is 93.5 cm³/mol. The Labute approximate surface area is 151 Å². The third kappa shape index (κ3) is 4.58. The Morgan fingerprint density at radius 1 is 1.38 bits per heavy atom. The number of nitrogens with two attached hydrogens (primary N) is 1. The molecule has 0 saturated heterocycles. The summed E-state index contributed by atoms with van der Waals surface area (Å²) in [6.07, 6.45) is 2.96. The Morgan fingerprint density at radius 3 is 2.46 bits per heavy atom. The van der Waals surface area contributed by atoms with Crippen LogP contribution in [-0.4, -0.2) is 26.4 Å². The first-order chi connectivity index (χ1) is 10.7. The molecule has 1 amide bonds. The molecule has 0 unspecified atom stereocenters. The Morgan fingerprint density at radius 2 is 1.96 bits per heavy atom. The average molecular weight is 400 g/mol. The zero-order valence-electron chi connectivity index (χ0n) is 13.1. The van der Waals surface area contributed by atoms with Crippen molar-refractivity contribution in [1.82, 2.24) is 4.72 Å². The van der Waals surface area contributed by atoms with Crippen molar-refractivity contribution in [1.29, 1.82) is 0 Å². The number of carbonyl (C=O) groups excluding carboxylic acids is 1. The largest absolute Gasteiger partial charge is 0.329 e. The van der Waals surface area contributed by atoms with Gasteiger partial charge in [0.25, 0.3) is 0 Å². The Balaban J connectivity index is 0.00000288. The second kappa shape index (κ2) is 7.97. The number of benzene rings is 1. The van der Waals surface area contributed by atoms with E-state index in [1.165, 1.54) is 6.92 Å². The molecule has 6 nitrogen and oxygen atoms in total. The standard InChI is InChI=1S/C14H19ClFN3O3S.ClH/c1-9(20)18-12-7-11(16)13(6-10(12)15)23(21,22)19-14(8-17)4-2-3-5-14;/h6-7,19H,2-5,8,17H2,1H3,(H,18,20);1H. The van der Waals surface area contributed by atoms with Gasteiger partial charge in [0.05, 0.1) is 10.7 Å². The van der Waals surface area contributed by atoms with Gasteiger partial charge in [-0.05, 0) is 18.9 Å². The zero-order chi connectivity index (χ0) is 17.3. The summed E-state index contributed by atoms with van der Waals surface area (Å²) in [5.74, 6) is -1.43. The molecule has 24 heavy (non-hydrogen) atoms. The summed E-state index contributed by atoms with van der Waals surface area (Å²) in [7, 11) is -4.11. The molecule has 1 aromatic rings. The number of halogens is 3. The fourth-order valence-corrected chi connectivity index (χ4v) is 4.59. The summed E-state index contributed by atoms with van der Waals surface area (Å²) in [6, 6.07) is 1.88. The van der Waals surface area contributed by atoms with Crippen molar-refractivity contribution in [3.8, 4) is 0 Å². The van der Waals surface area contributed by atoms with Gasteiger partial charge in [-0.25, -0.2) is 17.5 Å². The van der Waals surface area contributed by atoms with E-state index in [0.29, 0.717) is 12.8 Å². The normalized spacial score (nSPS) is 16.5. The van der Waals surface area contributed by atoms with Crippen molar-refractivity contribution in [2.75, 3.05) is 11.9 Å². The van der Waals surface area contributed by atoms with E-state index in [-0.39, 0.29) is 29.7 Å². The van der Waals surface area contributed by atoms with E-state index < -0.39 is 32.2 Å². The van der Waals surface area contributed by atoms with Crippen LogP contribution >= 0.6 is 24.0 Å². The lowest BCUT2D eigenvalue weighted by molar-refractivity contribution is -0.114. The monoisotopic (exact) mass is 399 g/mol. The number of sulfonamides is 1. The van der Waals surface area contributed by atoms with Gasteiger partial charge in [0, 0.05) is 25.1 Å². The molecule has 1 aromatic carbocycles. The van der Waals surface area contributed by atoms with Crippen LogP contribution in [0.15, 0.2) is 17.0 Å². The Kier molecular flexibility index (Phi) is 7.01. The zero-order valence-corrected chi connectivity index (χ0v) is 15.5. The van der Waals surface area contributed by atoms with Crippen LogP contribution in [-0.2, 0) is 14.8 Å². The lowest BCUT2D eigenvalue weighted by atomic mass is 10.0. The molecule has 0 spiro atoms. The average Bonchev–Trinajstić information content (AvgIpc) is 2.90. The van der Waals surface area contributed by atoms with Crippen molar-refractivity contribution in [2.45, 2.75) is 43.0 Å². The number of rotatable bonds is 5. The summed E-state index contributed by atoms with van der Waals surface area (Å²) in [6.45, 7) is 1.39. The molecule has 136 valence electrons. The van der Waals surface area contributed by atoms with Crippen molar-refractivity contribution in [3.05, 3.63) is 23.0 Å². The minimum Gasteiger partial charge on any atom is -0.329 e. The smallest absolute Gasteiger partial charge is 0.244 e. The molecular formula is C14H20Cl2FN3O3S. The highest BCUT2D eigenvalue weighted by Crippen LogP contribution is 2.32. The molecule has 4 N–H and O–H groups in total. The van der Waals surface area contributed by atoms with Crippen LogP contribution in [0.3, 0.4) is 0 Å². The number of hydrogen-bond acceptors (Lipinski definition) is 4. The van der Waals surface area contributed by atoms with Crippen LogP contribution in [0.5, 0.6) is 0 Å². The first-order valence-corrected chi connectivity index (χ1v) is 9.06. The highest BCUT2D eigenvalue weighted by molar-refractivity contribution is 7.89. The maximum absolute atomic E-state index is 14.2. The molecule has 1 aliphatic rings. The van der Waals surface area contributed by atoms with Crippen LogP contribution in [0, 0.1) is 5.82 Å². The molecular weight excluding hydrogens is 380 g/mol. The van der Waals surface area contributed by atoms with Gasteiger partial charge in [-0.2, -0.15) is 0 Å². The van der Waals surface area contributed by atoms with E-state index in [1.54, 1.807) is 0 Å². The maximum atomic E-state index is 14.2. The minimum absolute atomic E-state index is 0. The molecule has 1 saturated carbocycles. The van der Waals surface area contributed by atoms with Crippen LogP contribution < -0.4 is 15.8 Å². The van der Waals surface area contributed by atoms with Crippen LogP contribution in [0.2, 0.25) is 5.02 Å². The number of nitrogens with one attached hydrogen (secondary N) is 2. The van der Waals surface area contributed by atoms with Gasteiger partial charge in [-0.1, -0.05) is 24.4 Å². The number of amides is 1. The molecule has 0 heterocycles.